The number of hydrogen-bond donors (Lipinski definition) is 0. The van der Waals surface area contributed by atoms with Gasteiger partial charge in [0.05, 0.1) is 12.0 Å². The minimum Gasteiger partial charge on any atom is -0.465 e. The molecule has 0 bridgehead atoms. The summed E-state index contributed by atoms with van der Waals surface area (Å²) >= 11 is 1.32. The van der Waals surface area contributed by atoms with Crippen molar-refractivity contribution in [3.63, 3.8) is 0 Å². The summed E-state index contributed by atoms with van der Waals surface area (Å²) in [6.45, 7) is 8.38. The SMILES string of the molecule is COC(=O)c1sc(C#CC(C)(C)C)cc1CC(=O)C1CCC(C)CC1. The van der Waals surface area contributed by atoms with Crippen LogP contribution in [0, 0.1) is 29.1 Å². The summed E-state index contributed by atoms with van der Waals surface area (Å²) in [5.41, 5.74) is 0.656. The van der Waals surface area contributed by atoms with Gasteiger partial charge in [-0.05, 0) is 51.2 Å². The lowest BCUT2D eigenvalue weighted by atomic mass is 9.79. The van der Waals surface area contributed by atoms with E-state index in [4.69, 9.17) is 4.74 Å². The predicted molar refractivity (Wildman–Crippen MR) is 102 cm³/mol. The maximum Gasteiger partial charge on any atom is 0.348 e. The first-order valence-corrected chi connectivity index (χ1v) is 9.78. The number of esters is 1. The molecule has 1 fully saturated rings. The Morgan fingerprint density at radius 2 is 1.88 bits per heavy atom. The van der Waals surface area contributed by atoms with Crippen LogP contribution in [-0.2, 0) is 16.0 Å². The molecule has 0 aliphatic heterocycles. The molecule has 1 aliphatic carbocycles. The zero-order chi connectivity index (χ0) is 18.6. The Balaban J connectivity index is 2.20. The normalized spacial score (nSPS) is 20.5. The molecular formula is C21H28O3S. The van der Waals surface area contributed by atoms with Crippen LogP contribution < -0.4 is 0 Å². The number of Topliss-reactive ketones (excluding diaryl/α,β-unsaturated/α-hetero) is 1. The van der Waals surface area contributed by atoms with Crippen molar-refractivity contribution in [2.24, 2.45) is 17.3 Å². The summed E-state index contributed by atoms with van der Waals surface area (Å²) in [5.74, 6) is 7.02. The van der Waals surface area contributed by atoms with Crippen LogP contribution >= 0.6 is 11.3 Å². The van der Waals surface area contributed by atoms with Crippen LogP contribution in [0.25, 0.3) is 0 Å². The Bertz CT molecular complexity index is 689. The number of ether oxygens (including phenoxy) is 1. The van der Waals surface area contributed by atoms with E-state index >= 15 is 0 Å². The molecule has 3 nitrogen and oxygen atoms in total. The minimum atomic E-state index is -0.381. The Kier molecular flexibility index (Phi) is 6.46. The van der Waals surface area contributed by atoms with Crippen LogP contribution in [0.4, 0.5) is 0 Å². The van der Waals surface area contributed by atoms with Gasteiger partial charge in [0.25, 0.3) is 0 Å². The summed E-state index contributed by atoms with van der Waals surface area (Å²) in [6, 6.07) is 1.89. The van der Waals surface area contributed by atoms with Gasteiger partial charge in [-0.1, -0.05) is 31.6 Å². The fraction of sp³-hybridized carbons (Fsp3) is 0.619. The maximum absolute atomic E-state index is 12.7. The van der Waals surface area contributed by atoms with Gasteiger partial charge in [-0.3, -0.25) is 4.79 Å². The zero-order valence-electron chi connectivity index (χ0n) is 15.9. The number of carbonyl (C=O) groups excluding carboxylic acids is 2. The topological polar surface area (TPSA) is 43.4 Å². The van der Waals surface area contributed by atoms with Gasteiger partial charge < -0.3 is 4.74 Å². The number of hydrogen-bond acceptors (Lipinski definition) is 4. The highest BCUT2D eigenvalue weighted by Gasteiger charge is 2.26. The molecule has 0 radical (unpaired) electrons. The van der Waals surface area contributed by atoms with Gasteiger partial charge >= 0.3 is 5.97 Å². The summed E-state index contributed by atoms with van der Waals surface area (Å²) in [5, 5.41) is 0. The Hall–Kier alpha value is -1.60. The van der Waals surface area contributed by atoms with Gasteiger partial charge in [0.1, 0.15) is 10.7 Å². The van der Waals surface area contributed by atoms with Crippen LogP contribution in [0.3, 0.4) is 0 Å². The second-order valence-electron chi connectivity index (χ2n) is 8.06. The molecule has 4 heteroatoms. The van der Waals surface area contributed by atoms with Gasteiger partial charge in [-0.15, -0.1) is 11.3 Å². The van der Waals surface area contributed by atoms with Crippen LogP contribution in [0.1, 0.15) is 73.5 Å². The molecule has 0 saturated heterocycles. The summed E-state index contributed by atoms with van der Waals surface area (Å²) in [7, 11) is 1.37. The molecule has 0 aromatic carbocycles. The van der Waals surface area contributed by atoms with Crippen molar-refractivity contribution in [2.75, 3.05) is 7.11 Å². The summed E-state index contributed by atoms with van der Waals surface area (Å²) in [4.78, 5) is 26.1. The van der Waals surface area contributed by atoms with Crippen molar-refractivity contribution in [3.05, 3.63) is 21.4 Å². The van der Waals surface area contributed by atoms with E-state index < -0.39 is 0 Å². The van der Waals surface area contributed by atoms with E-state index in [0.29, 0.717) is 11.3 Å². The average molecular weight is 361 g/mol. The molecule has 0 atom stereocenters. The van der Waals surface area contributed by atoms with E-state index in [-0.39, 0.29) is 23.1 Å². The first kappa shape index (κ1) is 19.7. The van der Waals surface area contributed by atoms with Crippen molar-refractivity contribution in [1.82, 2.24) is 0 Å². The summed E-state index contributed by atoms with van der Waals surface area (Å²) in [6.07, 6.45) is 4.47. The Morgan fingerprint density at radius 3 is 2.44 bits per heavy atom. The summed E-state index contributed by atoms with van der Waals surface area (Å²) < 4.78 is 4.89. The molecule has 1 heterocycles. The number of ketones is 1. The molecule has 136 valence electrons. The van der Waals surface area contributed by atoms with Crippen molar-refractivity contribution < 1.29 is 14.3 Å². The fourth-order valence-corrected chi connectivity index (χ4v) is 4.00. The maximum atomic E-state index is 12.7. The molecule has 0 N–H and O–H groups in total. The van der Waals surface area contributed by atoms with Crippen molar-refractivity contribution >= 4 is 23.1 Å². The van der Waals surface area contributed by atoms with Crippen molar-refractivity contribution in [2.45, 2.75) is 59.8 Å². The smallest absolute Gasteiger partial charge is 0.348 e. The number of carbonyl (C=O) groups is 2. The zero-order valence-corrected chi connectivity index (χ0v) is 16.7. The van der Waals surface area contributed by atoms with Crippen molar-refractivity contribution in [1.29, 1.82) is 0 Å². The van der Waals surface area contributed by atoms with Crippen molar-refractivity contribution in [3.8, 4) is 11.8 Å². The largest absolute Gasteiger partial charge is 0.465 e. The van der Waals surface area contributed by atoms with Gasteiger partial charge in [0.15, 0.2) is 0 Å². The van der Waals surface area contributed by atoms with E-state index in [1.165, 1.54) is 18.4 Å². The lowest BCUT2D eigenvalue weighted by Gasteiger charge is -2.25. The molecule has 1 saturated carbocycles. The number of thiophene rings is 1. The molecule has 1 aromatic heterocycles. The lowest BCUT2D eigenvalue weighted by Crippen LogP contribution is -2.22. The molecule has 25 heavy (non-hydrogen) atoms. The first-order chi connectivity index (χ1) is 11.7. The molecule has 0 unspecified atom stereocenters. The highest BCUT2D eigenvalue weighted by Crippen LogP contribution is 2.31. The highest BCUT2D eigenvalue weighted by molar-refractivity contribution is 7.14. The second-order valence-corrected chi connectivity index (χ2v) is 9.11. The molecule has 0 spiro atoms. The predicted octanol–water partition coefficient (Wildman–Crippen LogP) is 4.87. The van der Waals surface area contributed by atoms with E-state index in [2.05, 4.69) is 18.8 Å². The van der Waals surface area contributed by atoms with Gasteiger partial charge in [0, 0.05) is 17.8 Å². The van der Waals surface area contributed by atoms with Gasteiger partial charge in [0.2, 0.25) is 0 Å². The number of methoxy groups -OCH3 is 1. The quantitative estimate of drug-likeness (QED) is 0.568. The Labute approximate surface area is 155 Å². The molecule has 0 amide bonds. The van der Waals surface area contributed by atoms with Gasteiger partial charge in [-0.25, -0.2) is 4.79 Å². The number of rotatable bonds is 4. The molecule has 2 rings (SSSR count). The second kappa shape index (κ2) is 8.19. The van der Waals surface area contributed by atoms with E-state index in [1.807, 2.05) is 26.8 Å². The monoisotopic (exact) mass is 360 g/mol. The third kappa shape index (κ3) is 5.71. The molecular weight excluding hydrogens is 332 g/mol. The minimum absolute atomic E-state index is 0.107. The van der Waals surface area contributed by atoms with E-state index in [9.17, 15) is 9.59 Å². The van der Waals surface area contributed by atoms with Crippen LogP contribution in [0.5, 0.6) is 0 Å². The van der Waals surface area contributed by atoms with Gasteiger partial charge in [-0.2, -0.15) is 0 Å². The third-order valence-corrected chi connectivity index (χ3v) is 5.65. The first-order valence-electron chi connectivity index (χ1n) is 8.96. The fourth-order valence-electron chi connectivity index (χ4n) is 3.05. The molecule has 1 aromatic rings. The third-order valence-electron chi connectivity index (χ3n) is 4.58. The van der Waals surface area contributed by atoms with Crippen LogP contribution in [-0.4, -0.2) is 18.9 Å². The highest BCUT2D eigenvalue weighted by atomic mass is 32.1. The van der Waals surface area contributed by atoms with E-state index in [0.717, 1.165) is 42.0 Å². The lowest BCUT2D eigenvalue weighted by molar-refractivity contribution is -0.123. The Morgan fingerprint density at radius 1 is 1.24 bits per heavy atom. The average Bonchev–Trinajstić information content (AvgIpc) is 2.95. The van der Waals surface area contributed by atoms with Crippen LogP contribution in [0.15, 0.2) is 6.07 Å². The molecule has 1 aliphatic rings. The standard InChI is InChI=1S/C21H28O3S/c1-14-6-8-15(9-7-14)18(22)13-16-12-17(10-11-21(2,3)4)25-19(16)20(23)24-5/h12,14-15H,6-9,13H2,1-5H3. The van der Waals surface area contributed by atoms with E-state index in [1.54, 1.807) is 0 Å². The van der Waals surface area contributed by atoms with Crippen LogP contribution in [0.2, 0.25) is 0 Å².